The molecular formula is C17H25N5O3. The van der Waals surface area contributed by atoms with Crippen molar-refractivity contribution in [2.75, 3.05) is 18.4 Å². The number of carbonyl (C=O) groups is 2. The van der Waals surface area contributed by atoms with E-state index in [1.54, 1.807) is 24.3 Å². The Hall–Kier alpha value is -2.29. The van der Waals surface area contributed by atoms with Gasteiger partial charge in [0.1, 0.15) is 6.61 Å². The fourth-order valence-electron chi connectivity index (χ4n) is 2.36. The molecule has 0 spiro atoms. The maximum atomic E-state index is 11.9. The molecule has 1 aliphatic heterocycles. The maximum absolute atomic E-state index is 11.9. The molecule has 0 radical (unpaired) electrons. The zero-order valence-corrected chi connectivity index (χ0v) is 14.2. The molecule has 0 aliphatic carbocycles. The Morgan fingerprint density at radius 3 is 2.68 bits per heavy atom. The van der Waals surface area contributed by atoms with Gasteiger partial charge in [-0.05, 0) is 43.8 Å². The van der Waals surface area contributed by atoms with Crippen molar-refractivity contribution >= 4 is 24.4 Å². The number of ether oxygens (including phenoxy) is 1. The monoisotopic (exact) mass is 347 g/mol. The first-order valence-corrected chi connectivity index (χ1v) is 8.33. The van der Waals surface area contributed by atoms with Gasteiger partial charge >= 0.3 is 6.09 Å². The van der Waals surface area contributed by atoms with E-state index in [0.717, 1.165) is 31.5 Å². The van der Waals surface area contributed by atoms with Crippen molar-refractivity contribution in [3.8, 4) is 0 Å². The molecule has 2 atom stereocenters. The van der Waals surface area contributed by atoms with E-state index in [0.29, 0.717) is 12.1 Å². The highest BCUT2D eigenvalue weighted by molar-refractivity contribution is 5.90. The second-order valence-electron chi connectivity index (χ2n) is 5.92. The van der Waals surface area contributed by atoms with E-state index in [1.165, 1.54) is 0 Å². The summed E-state index contributed by atoms with van der Waals surface area (Å²) in [6, 6.07) is 7.29. The summed E-state index contributed by atoms with van der Waals surface area (Å²) >= 11 is 0. The van der Waals surface area contributed by atoms with Gasteiger partial charge in [0.2, 0.25) is 5.91 Å². The van der Waals surface area contributed by atoms with Crippen molar-refractivity contribution in [2.24, 2.45) is 10.7 Å². The van der Waals surface area contributed by atoms with Crippen LogP contribution in [0.5, 0.6) is 0 Å². The van der Waals surface area contributed by atoms with Gasteiger partial charge in [0.15, 0.2) is 0 Å². The van der Waals surface area contributed by atoms with E-state index >= 15 is 0 Å². The van der Waals surface area contributed by atoms with Crippen LogP contribution in [0.15, 0.2) is 29.3 Å². The minimum absolute atomic E-state index is 0.0199. The molecule has 2 amide bonds. The summed E-state index contributed by atoms with van der Waals surface area (Å²) in [5.74, 6) is -0.0199. The zero-order chi connectivity index (χ0) is 18.1. The molecule has 1 aromatic carbocycles. The molecule has 1 heterocycles. The van der Waals surface area contributed by atoms with E-state index in [2.05, 4.69) is 27.7 Å². The van der Waals surface area contributed by atoms with Crippen LogP contribution in [-0.2, 0) is 16.1 Å². The van der Waals surface area contributed by atoms with Crippen LogP contribution in [0, 0.1) is 0 Å². The average molecular weight is 347 g/mol. The van der Waals surface area contributed by atoms with E-state index < -0.39 is 6.09 Å². The summed E-state index contributed by atoms with van der Waals surface area (Å²) < 4.78 is 4.84. The summed E-state index contributed by atoms with van der Waals surface area (Å²) in [6.07, 6.45) is 1.69. The number of amides is 2. The molecule has 1 aromatic rings. The third kappa shape index (κ3) is 6.61. The molecule has 1 aliphatic rings. The average Bonchev–Trinajstić information content (AvgIpc) is 2.62. The normalized spacial score (nSPS) is 18.9. The standard InChI is InChI=1S/C17H25N5O3/c1-19-17(24)25-11-12-5-7-13(8-6-12)22-15(23)4-2-3-9-20-16-14(18)10-21-16/h5-8,14,16,20-21H,1-4,9-11,18H2,(H,22,23). The first-order chi connectivity index (χ1) is 12.1. The van der Waals surface area contributed by atoms with Crippen molar-refractivity contribution in [1.29, 1.82) is 0 Å². The smallest absolute Gasteiger partial charge is 0.433 e. The number of anilines is 1. The number of carbonyl (C=O) groups excluding carboxylic acids is 2. The molecule has 8 heteroatoms. The lowest BCUT2D eigenvalue weighted by atomic mass is 10.1. The molecule has 1 saturated heterocycles. The predicted octanol–water partition coefficient (Wildman–Crippen LogP) is 0.979. The Morgan fingerprint density at radius 2 is 2.08 bits per heavy atom. The Labute approximate surface area is 147 Å². The van der Waals surface area contributed by atoms with E-state index in [-0.39, 0.29) is 24.7 Å². The van der Waals surface area contributed by atoms with E-state index in [9.17, 15) is 9.59 Å². The minimum Gasteiger partial charge on any atom is -0.443 e. The highest BCUT2D eigenvalue weighted by atomic mass is 16.5. The van der Waals surface area contributed by atoms with Crippen LogP contribution >= 0.6 is 0 Å². The molecule has 0 bridgehead atoms. The van der Waals surface area contributed by atoms with E-state index in [1.807, 2.05) is 0 Å². The highest BCUT2D eigenvalue weighted by Gasteiger charge is 2.25. The Kier molecular flexibility index (Phi) is 7.52. The zero-order valence-electron chi connectivity index (χ0n) is 14.2. The largest absolute Gasteiger partial charge is 0.443 e. The molecule has 0 aromatic heterocycles. The number of aliphatic imine (C=N–C) groups is 1. The number of hydrogen-bond acceptors (Lipinski definition) is 6. The van der Waals surface area contributed by atoms with Gasteiger partial charge in [0, 0.05) is 24.7 Å². The molecule has 1 fully saturated rings. The van der Waals surface area contributed by atoms with Crippen molar-refractivity contribution in [2.45, 2.75) is 38.1 Å². The number of benzene rings is 1. The molecule has 136 valence electrons. The second kappa shape index (κ2) is 9.87. The molecule has 0 saturated carbocycles. The summed E-state index contributed by atoms with van der Waals surface area (Å²) in [6.45, 7) is 4.91. The van der Waals surface area contributed by atoms with Crippen LogP contribution in [0.2, 0.25) is 0 Å². The molecular weight excluding hydrogens is 322 g/mol. The van der Waals surface area contributed by atoms with Crippen molar-refractivity contribution in [1.82, 2.24) is 10.6 Å². The fourth-order valence-corrected chi connectivity index (χ4v) is 2.36. The lowest BCUT2D eigenvalue weighted by molar-refractivity contribution is -0.116. The van der Waals surface area contributed by atoms with Crippen LogP contribution in [0.4, 0.5) is 10.5 Å². The van der Waals surface area contributed by atoms with Crippen molar-refractivity contribution in [3.63, 3.8) is 0 Å². The lowest BCUT2D eigenvalue weighted by Crippen LogP contribution is -2.68. The number of nitrogens with one attached hydrogen (secondary N) is 3. The van der Waals surface area contributed by atoms with Gasteiger partial charge in [-0.25, -0.2) is 4.79 Å². The van der Waals surface area contributed by atoms with Crippen molar-refractivity contribution < 1.29 is 14.3 Å². The minimum atomic E-state index is -0.707. The fraction of sp³-hybridized carbons (Fsp3) is 0.471. The Morgan fingerprint density at radius 1 is 1.32 bits per heavy atom. The number of rotatable bonds is 9. The lowest BCUT2D eigenvalue weighted by Gasteiger charge is -2.35. The topological polar surface area (TPSA) is 118 Å². The quantitative estimate of drug-likeness (QED) is 0.391. The summed E-state index contributed by atoms with van der Waals surface area (Å²) in [7, 11) is 0. The molecule has 2 rings (SSSR count). The third-order valence-corrected chi connectivity index (χ3v) is 3.93. The van der Waals surface area contributed by atoms with Gasteiger partial charge in [-0.3, -0.25) is 10.1 Å². The van der Waals surface area contributed by atoms with Crippen LogP contribution in [0.3, 0.4) is 0 Å². The van der Waals surface area contributed by atoms with Crippen LogP contribution < -0.4 is 21.7 Å². The SMILES string of the molecule is C=NC(=O)OCc1ccc(NC(=O)CCCCNC2NCC2N)cc1. The molecule has 5 N–H and O–H groups in total. The Balaban J connectivity index is 1.59. The predicted molar refractivity (Wildman–Crippen MR) is 96.4 cm³/mol. The summed E-state index contributed by atoms with van der Waals surface area (Å²) in [5.41, 5.74) is 7.32. The van der Waals surface area contributed by atoms with Crippen LogP contribution in [-0.4, -0.2) is 44.0 Å². The molecule has 25 heavy (non-hydrogen) atoms. The van der Waals surface area contributed by atoms with Gasteiger partial charge in [0.05, 0.1) is 6.17 Å². The van der Waals surface area contributed by atoms with Gasteiger partial charge in [-0.15, -0.1) is 0 Å². The number of unbranched alkanes of at least 4 members (excludes halogenated alkanes) is 1. The third-order valence-electron chi connectivity index (χ3n) is 3.93. The van der Waals surface area contributed by atoms with Crippen molar-refractivity contribution in [3.05, 3.63) is 29.8 Å². The van der Waals surface area contributed by atoms with Gasteiger partial charge in [-0.1, -0.05) is 12.1 Å². The van der Waals surface area contributed by atoms with Crippen LogP contribution in [0.25, 0.3) is 0 Å². The maximum Gasteiger partial charge on any atom is 0.433 e. The van der Waals surface area contributed by atoms with Gasteiger partial charge in [-0.2, -0.15) is 4.99 Å². The number of nitrogens with zero attached hydrogens (tertiary/aromatic N) is 1. The summed E-state index contributed by atoms with van der Waals surface area (Å²) in [4.78, 5) is 26.0. The second-order valence-corrected chi connectivity index (χ2v) is 5.92. The summed E-state index contributed by atoms with van der Waals surface area (Å²) in [5, 5.41) is 9.35. The van der Waals surface area contributed by atoms with Crippen LogP contribution in [0.1, 0.15) is 24.8 Å². The molecule has 8 nitrogen and oxygen atoms in total. The Bertz CT molecular complexity index is 590. The highest BCUT2D eigenvalue weighted by Crippen LogP contribution is 2.11. The number of nitrogens with two attached hydrogens (primary N) is 1. The van der Waals surface area contributed by atoms with Gasteiger partial charge in [0.25, 0.3) is 0 Å². The first kappa shape index (κ1) is 19.0. The van der Waals surface area contributed by atoms with Gasteiger partial charge < -0.3 is 21.1 Å². The first-order valence-electron chi connectivity index (χ1n) is 8.33. The number of hydrogen-bond donors (Lipinski definition) is 4. The van der Waals surface area contributed by atoms with E-state index in [4.69, 9.17) is 10.5 Å². The molecule has 2 unspecified atom stereocenters.